The van der Waals surface area contributed by atoms with Crippen LogP contribution in [0.4, 0.5) is 0 Å². The highest BCUT2D eigenvalue weighted by Gasteiger charge is 2.07. The van der Waals surface area contributed by atoms with Gasteiger partial charge in [-0.1, -0.05) is 29.7 Å². The van der Waals surface area contributed by atoms with Gasteiger partial charge in [0.2, 0.25) is 41.4 Å². The molecule has 12 N–H and O–H groups in total. The molecule has 0 atom stereocenters. The van der Waals surface area contributed by atoms with Crippen molar-refractivity contribution in [1.29, 1.82) is 0 Å². The van der Waals surface area contributed by atoms with E-state index in [-0.39, 0.29) is 71.1 Å². The Labute approximate surface area is 307 Å². The molecule has 1 saturated heterocycles. The molecule has 0 radical (unpaired) electrons. The van der Waals surface area contributed by atoms with Crippen LogP contribution in [0, 0.1) is 0 Å². The van der Waals surface area contributed by atoms with Crippen molar-refractivity contribution in [3.63, 3.8) is 0 Å². The van der Waals surface area contributed by atoms with Crippen LogP contribution in [0.3, 0.4) is 0 Å². The fourth-order valence-corrected chi connectivity index (χ4v) is 1.66. The first kappa shape index (κ1) is 76.1. The summed E-state index contributed by atoms with van der Waals surface area (Å²) in [6.45, 7) is 7.84. The Balaban J connectivity index is -0.0000000416. The Morgan fingerprint density at radius 2 is 0.843 bits per heavy atom. The average molecular weight is 750 g/mol. The van der Waals surface area contributed by atoms with Crippen LogP contribution in [0.2, 0.25) is 0 Å². The number of methoxy groups -OCH3 is 1. The molecule has 51 heavy (non-hydrogen) atoms. The topological polar surface area (TPSA) is 319 Å². The molecule has 20 heteroatoms. The number of hydrogen-bond donors (Lipinski definition) is 10. The zero-order valence-corrected chi connectivity index (χ0v) is 29.4. The minimum Gasteiger partial charge on any atom is -0.481 e. The lowest BCUT2D eigenvalue weighted by Crippen LogP contribution is -2.37. The van der Waals surface area contributed by atoms with Gasteiger partial charge in [0.25, 0.3) is 12.4 Å². The Morgan fingerprint density at radius 1 is 0.667 bits per heavy atom. The highest BCUT2D eigenvalue weighted by molar-refractivity contribution is 5.81. The number of carboxylic acid groups (broad SMARTS) is 1. The summed E-state index contributed by atoms with van der Waals surface area (Å²) in [7, 11) is 9.01. The third-order valence-corrected chi connectivity index (χ3v) is 3.78. The van der Waals surface area contributed by atoms with Crippen LogP contribution in [0.5, 0.6) is 0 Å². The fraction of sp³-hybridized carbons (Fsp3) is 0.710. The number of carboxylic acids is 1. The largest absolute Gasteiger partial charge is 0.481 e. The summed E-state index contributed by atoms with van der Waals surface area (Å²) >= 11 is 0. The number of aliphatic carboxylic acids is 1. The van der Waals surface area contributed by atoms with Crippen LogP contribution in [0.25, 0.3) is 0 Å². The van der Waals surface area contributed by atoms with E-state index in [1.54, 1.807) is 21.1 Å². The Kier molecular flexibility index (Phi) is 101. The second-order valence-corrected chi connectivity index (χ2v) is 7.67. The van der Waals surface area contributed by atoms with Crippen molar-refractivity contribution < 1.29 is 53.0 Å². The second kappa shape index (κ2) is 67.3. The molecule has 1 fully saturated rings. The number of ether oxygens (including phenoxy) is 1. The molecule has 0 aromatic rings. The molecule has 1 aliphatic rings. The molecule has 0 bridgehead atoms. The average Bonchev–Trinajstić information content (AvgIpc) is 3.02. The van der Waals surface area contributed by atoms with Crippen LogP contribution in [0.1, 0.15) is 83.1 Å². The van der Waals surface area contributed by atoms with E-state index in [4.69, 9.17) is 14.7 Å². The molecule has 1 heterocycles. The van der Waals surface area contributed by atoms with E-state index >= 15 is 0 Å². The maximum atomic E-state index is 10.5. The van der Waals surface area contributed by atoms with E-state index in [2.05, 4.69) is 53.4 Å². The smallest absolute Gasteiger partial charge is 0.300 e. The van der Waals surface area contributed by atoms with Crippen LogP contribution >= 0.6 is 0 Å². The molecule has 0 aromatic heterocycles. The van der Waals surface area contributed by atoms with Gasteiger partial charge in [0.05, 0.1) is 7.11 Å². The normalized spacial score (nSPS) is 8.20. The summed E-state index contributed by atoms with van der Waals surface area (Å²) < 4.78 is 3.86. The van der Waals surface area contributed by atoms with Crippen molar-refractivity contribution in [3.05, 3.63) is 0 Å². The van der Waals surface area contributed by atoms with E-state index in [0.717, 1.165) is 19.9 Å². The second-order valence-electron chi connectivity index (χ2n) is 7.67. The zero-order valence-electron chi connectivity index (χ0n) is 29.4. The van der Waals surface area contributed by atoms with Crippen LogP contribution in [0.15, 0.2) is 0 Å². The number of nitrogens with two attached hydrogens (primary N) is 2. The summed E-state index contributed by atoms with van der Waals surface area (Å²) in [4.78, 5) is 90.1. The molecule has 0 unspecified atom stereocenters. The van der Waals surface area contributed by atoms with Crippen molar-refractivity contribution in [1.82, 2.24) is 37.2 Å². The lowest BCUT2D eigenvalue weighted by molar-refractivity contribution is -0.134. The highest BCUT2D eigenvalue weighted by atomic mass is 16.5. The van der Waals surface area contributed by atoms with E-state index in [0.29, 0.717) is 45.4 Å². The maximum Gasteiger partial charge on any atom is 0.300 e. The predicted octanol–water partition coefficient (Wildman–Crippen LogP) is -1.14. The zero-order chi connectivity index (χ0) is 38.6. The standard InChI is InChI=1S/3C6H12N2O2.C3H5NO.2C2H4O2.2CH5N.4CH4/c3*1-5(9)8-4-3-6(10)7-2;5-3-1-2-4-3;1-4-2-3;1-2(3)4;2*1-2;;;;/h3*3-4H2,1-2H3,(H,7,10)(H,8,9);1-2H2,(H,4,5);2H,1H3;1H3,(H,3,4);2*2H2,1H3;4*1H4. The minimum atomic E-state index is -0.833. The number of rotatable bonds is 10. The van der Waals surface area contributed by atoms with E-state index < -0.39 is 5.97 Å². The third kappa shape index (κ3) is 123. The van der Waals surface area contributed by atoms with Crippen molar-refractivity contribution in [2.75, 3.05) is 68.5 Å². The molecule has 1 rings (SSSR count). The molecule has 7 amide bonds. The molecule has 0 spiro atoms. The van der Waals surface area contributed by atoms with Crippen molar-refractivity contribution >= 4 is 53.8 Å². The molecule has 0 saturated carbocycles. The lowest BCUT2D eigenvalue weighted by Gasteiger charge is -2.10. The molecule has 310 valence electrons. The fourth-order valence-electron chi connectivity index (χ4n) is 1.66. The first-order chi connectivity index (χ1) is 22.0. The molecular weight excluding hydrogens is 674 g/mol. The van der Waals surface area contributed by atoms with Gasteiger partial charge in [-0.2, -0.15) is 0 Å². The van der Waals surface area contributed by atoms with Gasteiger partial charge in [-0.05, 0) is 14.1 Å². The van der Waals surface area contributed by atoms with Gasteiger partial charge in [-0.25, -0.2) is 0 Å². The predicted molar refractivity (Wildman–Crippen MR) is 203 cm³/mol. The molecule has 1 aliphatic heterocycles. The van der Waals surface area contributed by atoms with Gasteiger partial charge in [0.15, 0.2) is 0 Å². The summed E-state index contributed by atoms with van der Waals surface area (Å²) in [5, 5.41) is 24.9. The molecule has 0 aromatic carbocycles. The quantitative estimate of drug-likeness (QED) is 0.0934. The number of β-lactam (4-membered cyclic amide) rings is 1. The number of carbonyl (C=O) groups excluding carboxylic acids is 8. The van der Waals surface area contributed by atoms with Crippen molar-refractivity contribution in [3.8, 4) is 0 Å². The molecule has 20 nitrogen and oxygen atoms in total. The van der Waals surface area contributed by atoms with Gasteiger partial charge in [0.1, 0.15) is 0 Å². The first-order valence-corrected chi connectivity index (χ1v) is 14.0. The summed E-state index contributed by atoms with van der Waals surface area (Å²) in [5.41, 5.74) is 9.00. The lowest BCUT2D eigenvalue weighted by atomic mass is 10.3. The molecular formula is C31H75N9O11. The van der Waals surface area contributed by atoms with E-state index in [9.17, 15) is 33.6 Å². The minimum absolute atomic E-state index is 0. The Morgan fingerprint density at radius 3 is 0.922 bits per heavy atom. The Hall–Kier alpha value is -4.85. The number of hydrogen-bond acceptors (Lipinski definition) is 12. The van der Waals surface area contributed by atoms with Crippen molar-refractivity contribution in [2.45, 2.75) is 83.1 Å². The SMILES string of the molecule is C.C.C.C.CC(=O)O.CN.CN.CNC(=O)CCNC(C)=O.CNC(=O)CCNC(C)=O.CNC(=O)CCNC(C)=O.COC=O.O=C1CCN1. The summed E-state index contributed by atoms with van der Waals surface area (Å²) in [6, 6.07) is 0. The van der Waals surface area contributed by atoms with Gasteiger partial charge < -0.3 is 58.5 Å². The monoisotopic (exact) mass is 750 g/mol. The number of carbonyl (C=O) groups is 9. The molecule has 0 aliphatic carbocycles. The van der Waals surface area contributed by atoms with E-state index in [1.807, 2.05) is 0 Å². The van der Waals surface area contributed by atoms with Gasteiger partial charge >= 0.3 is 0 Å². The van der Waals surface area contributed by atoms with E-state index in [1.165, 1.54) is 42.0 Å². The van der Waals surface area contributed by atoms with Gasteiger partial charge in [0, 0.05) is 101 Å². The van der Waals surface area contributed by atoms with Gasteiger partial charge in [-0.3, -0.25) is 43.2 Å². The Bertz CT molecular complexity index is 762. The van der Waals surface area contributed by atoms with Crippen LogP contribution in [-0.4, -0.2) is 127 Å². The highest BCUT2D eigenvalue weighted by Crippen LogP contribution is 1.85. The van der Waals surface area contributed by atoms with Crippen molar-refractivity contribution in [2.24, 2.45) is 11.5 Å². The maximum absolute atomic E-state index is 10.5. The first-order valence-electron chi connectivity index (χ1n) is 14.0. The number of nitrogens with one attached hydrogen (secondary N) is 7. The third-order valence-electron chi connectivity index (χ3n) is 3.78. The summed E-state index contributed by atoms with van der Waals surface area (Å²) in [5.74, 6) is -1.15. The number of amides is 7. The summed E-state index contributed by atoms with van der Waals surface area (Å²) in [6.07, 6.45) is 1.77. The van der Waals surface area contributed by atoms with Crippen LogP contribution in [-0.2, 0) is 47.9 Å². The van der Waals surface area contributed by atoms with Gasteiger partial charge in [-0.15, -0.1) is 0 Å². The van der Waals surface area contributed by atoms with Crippen LogP contribution < -0.4 is 48.7 Å².